The molecule has 3 aliphatic rings. The average molecular weight is 302 g/mol. The normalized spacial score (nSPS) is 27.5. The van der Waals surface area contributed by atoms with Gasteiger partial charge in [-0.3, -0.25) is 9.80 Å². The molecule has 3 heterocycles. The van der Waals surface area contributed by atoms with Crippen LogP contribution in [0, 0.1) is 5.92 Å². The molecule has 2 saturated heterocycles. The van der Waals surface area contributed by atoms with Crippen molar-refractivity contribution in [3.63, 3.8) is 0 Å². The summed E-state index contributed by atoms with van der Waals surface area (Å²) in [6, 6.07) is 9.29. The van der Waals surface area contributed by atoms with Gasteiger partial charge in [0.05, 0.1) is 19.8 Å². The summed E-state index contributed by atoms with van der Waals surface area (Å²) >= 11 is 0. The molecule has 0 spiro atoms. The third kappa shape index (κ3) is 3.14. The number of rotatable bonds is 3. The van der Waals surface area contributed by atoms with Gasteiger partial charge in [-0.15, -0.1) is 0 Å². The number of hydrogen-bond acceptors (Lipinski definition) is 4. The standard InChI is InChI=1S/C18H26N2O2/c1-2-4-18-16(3-1)11-15(5-8-22-18)12-19-13-17(14-19)20-6-9-21-10-7-20/h1-4,15,17H,5-14H2. The van der Waals surface area contributed by atoms with E-state index in [2.05, 4.69) is 34.1 Å². The molecule has 22 heavy (non-hydrogen) atoms. The summed E-state index contributed by atoms with van der Waals surface area (Å²) < 4.78 is 11.3. The lowest BCUT2D eigenvalue weighted by molar-refractivity contribution is -0.0361. The minimum absolute atomic E-state index is 0.731. The second kappa shape index (κ2) is 6.57. The summed E-state index contributed by atoms with van der Waals surface area (Å²) in [5, 5.41) is 0. The topological polar surface area (TPSA) is 24.9 Å². The van der Waals surface area contributed by atoms with E-state index >= 15 is 0 Å². The fraction of sp³-hybridized carbons (Fsp3) is 0.667. The third-order valence-electron chi connectivity index (χ3n) is 5.28. The number of fused-ring (bicyclic) bond motifs is 1. The quantitative estimate of drug-likeness (QED) is 0.847. The van der Waals surface area contributed by atoms with Crippen molar-refractivity contribution in [1.29, 1.82) is 0 Å². The number of para-hydroxylation sites is 1. The molecular weight excluding hydrogens is 276 g/mol. The molecule has 4 nitrogen and oxygen atoms in total. The maximum absolute atomic E-state index is 5.89. The largest absolute Gasteiger partial charge is 0.493 e. The monoisotopic (exact) mass is 302 g/mol. The number of likely N-dealkylation sites (tertiary alicyclic amines) is 1. The molecule has 4 rings (SSSR count). The summed E-state index contributed by atoms with van der Waals surface area (Å²) in [6.07, 6.45) is 2.34. The molecule has 120 valence electrons. The number of ether oxygens (including phenoxy) is 2. The Kier molecular flexibility index (Phi) is 4.33. The van der Waals surface area contributed by atoms with Crippen LogP contribution in [-0.4, -0.2) is 68.4 Å². The number of benzene rings is 1. The van der Waals surface area contributed by atoms with Crippen LogP contribution in [0.2, 0.25) is 0 Å². The van der Waals surface area contributed by atoms with Crippen molar-refractivity contribution in [2.45, 2.75) is 18.9 Å². The van der Waals surface area contributed by atoms with Gasteiger partial charge in [-0.25, -0.2) is 0 Å². The van der Waals surface area contributed by atoms with Crippen molar-refractivity contribution in [2.24, 2.45) is 5.92 Å². The fourth-order valence-corrected chi connectivity index (χ4v) is 3.95. The smallest absolute Gasteiger partial charge is 0.122 e. The van der Waals surface area contributed by atoms with Crippen LogP contribution in [-0.2, 0) is 11.2 Å². The van der Waals surface area contributed by atoms with E-state index in [0.29, 0.717) is 0 Å². The van der Waals surface area contributed by atoms with Crippen molar-refractivity contribution >= 4 is 0 Å². The van der Waals surface area contributed by atoms with Crippen LogP contribution in [0.15, 0.2) is 24.3 Å². The summed E-state index contributed by atoms with van der Waals surface area (Å²) in [5.74, 6) is 1.83. The van der Waals surface area contributed by atoms with Gasteiger partial charge in [-0.2, -0.15) is 0 Å². The number of hydrogen-bond donors (Lipinski definition) is 0. The summed E-state index contributed by atoms with van der Waals surface area (Å²) in [7, 11) is 0. The third-order valence-corrected chi connectivity index (χ3v) is 5.28. The molecule has 4 heteroatoms. The van der Waals surface area contributed by atoms with E-state index in [4.69, 9.17) is 9.47 Å². The number of nitrogens with zero attached hydrogens (tertiary/aromatic N) is 2. The Morgan fingerprint density at radius 3 is 2.73 bits per heavy atom. The zero-order chi connectivity index (χ0) is 14.8. The van der Waals surface area contributed by atoms with Crippen LogP contribution in [0.4, 0.5) is 0 Å². The van der Waals surface area contributed by atoms with Gasteiger partial charge in [0.15, 0.2) is 0 Å². The lowest BCUT2D eigenvalue weighted by atomic mass is 9.94. The summed E-state index contributed by atoms with van der Waals surface area (Å²) in [5.41, 5.74) is 1.38. The SMILES string of the molecule is c1ccc2c(c1)CC(CN1CC(N3CCOCC3)C1)CCO2. The Hall–Kier alpha value is -1.10. The van der Waals surface area contributed by atoms with Gasteiger partial charge in [0.2, 0.25) is 0 Å². The predicted octanol–water partition coefficient (Wildman–Crippen LogP) is 1.64. The van der Waals surface area contributed by atoms with Crippen LogP contribution >= 0.6 is 0 Å². The van der Waals surface area contributed by atoms with Gasteiger partial charge in [-0.05, 0) is 30.4 Å². The Balaban J connectivity index is 1.28. The van der Waals surface area contributed by atoms with E-state index in [1.165, 1.54) is 31.6 Å². The van der Waals surface area contributed by atoms with Gasteiger partial charge in [-0.1, -0.05) is 18.2 Å². The van der Waals surface area contributed by atoms with Crippen LogP contribution in [0.3, 0.4) is 0 Å². The van der Waals surface area contributed by atoms with Crippen LogP contribution in [0.25, 0.3) is 0 Å². The summed E-state index contributed by atoms with van der Waals surface area (Å²) in [6.45, 7) is 8.60. The fourth-order valence-electron chi connectivity index (χ4n) is 3.95. The minimum atomic E-state index is 0.731. The molecule has 1 aromatic rings. The lowest BCUT2D eigenvalue weighted by Gasteiger charge is -2.47. The van der Waals surface area contributed by atoms with Gasteiger partial charge in [0, 0.05) is 38.8 Å². The van der Waals surface area contributed by atoms with E-state index in [1.54, 1.807) is 0 Å². The Labute approximate surface area is 133 Å². The van der Waals surface area contributed by atoms with Gasteiger partial charge >= 0.3 is 0 Å². The van der Waals surface area contributed by atoms with Crippen LogP contribution in [0.5, 0.6) is 5.75 Å². The zero-order valence-electron chi connectivity index (χ0n) is 13.2. The van der Waals surface area contributed by atoms with Crippen molar-refractivity contribution < 1.29 is 9.47 Å². The minimum Gasteiger partial charge on any atom is -0.493 e. The van der Waals surface area contributed by atoms with E-state index in [0.717, 1.165) is 57.0 Å². The Morgan fingerprint density at radius 1 is 1.05 bits per heavy atom. The first-order chi connectivity index (χ1) is 10.9. The van der Waals surface area contributed by atoms with Crippen LogP contribution in [0.1, 0.15) is 12.0 Å². The van der Waals surface area contributed by atoms with E-state index < -0.39 is 0 Å². The summed E-state index contributed by atoms with van der Waals surface area (Å²) in [4.78, 5) is 5.23. The molecule has 3 aliphatic heterocycles. The second-order valence-electron chi connectivity index (χ2n) is 6.84. The molecule has 1 aromatic carbocycles. The molecule has 0 aliphatic carbocycles. The van der Waals surface area contributed by atoms with Crippen LogP contribution < -0.4 is 4.74 Å². The second-order valence-corrected chi connectivity index (χ2v) is 6.84. The maximum Gasteiger partial charge on any atom is 0.122 e. The maximum atomic E-state index is 5.89. The van der Waals surface area contributed by atoms with Gasteiger partial charge < -0.3 is 9.47 Å². The molecule has 0 bridgehead atoms. The highest BCUT2D eigenvalue weighted by molar-refractivity contribution is 5.34. The Morgan fingerprint density at radius 2 is 1.86 bits per heavy atom. The van der Waals surface area contributed by atoms with Gasteiger partial charge in [0.25, 0.3) is 0 Å². The van der Waals surface area contributed by atoms with Crippen molar-refractivity contribution in [2.75, 3.05) is 52.5 Å². The van der Waals surface area contributed by atoms with E-state index in [9.17, 15) is 0 Å². The average Bonchev–Trinajstić information content (AvgIpc) is 2.73. The first-order valence-electron chi connectivity index (χ1n) is 8.63. The predicted molar refractivity (Wildman–Crippen MR) is 86.4 cm³/mol. The highest BCUT2D eigenvalue weighted by Gasteiger charge is 2.33. The molecule has 0 radical (unpaired) electrons. The van der Waals surface area contributed by atoms with Crippen molar-refractivity contribution in [3.8, 4) is 5.75 Å². The lowest BCUT2D eigenvalue weighted by Crippen LogP contribution is -2.62. The molecule has 0 saturated carbocycles. The molecule has 0 amide bonds. The first-order valence-corrected chi connectivity index (χ1v) is 8.63. The number of morpholine rings is 1. The highest BCUT2D eigenvalue weighted by atomic mass is 16.5. The molecular formula is C18H26N2O2. The molecule has 2 fully saturated rings. The first kappa shape index (κ1) is 14.5. The molecule has 1 unspecified atom stereocenters. The van der Waals surface area contributed by atoms with E-state index in [-0.39, 0.29) is 0 Å². The molecule has 0 N–H and O–H groups in total. The zero-order valence-corrected chi connectivity index (χ0v) is 13.2. The van der Waals surface area contributed by atoms with E-state index in [1.807, 2.05) is 0 Å². The van der Waals surface area contributed by atoms with Crippen molar-refractivity contribution in [3.05, 3.63) is 29.8 Å². The van der Waals surface area contributed by atoms with Crippen molar-refractivity contribution in [1.82, 2.24) is 9.80 Å². The highest BCUT2D eigenvalue weighted by Crippen LogP contribution is 2.28. The van der Waals surface area contributed by atoms with Gasteiger partial charge in [0.1, 0.15) is 5.75 Å². The Bertz CT molecular complexity index is 496. The molecule has 1 atom stereocenters. The molecule has 0 aromatic heterocycles.